The third-order valence-corrected chi connectivity index (χ3v) is 17.4. The average molecular weight is 755 g/mol. The molecule has 11 atom stereocenters. The normalized spacial score (nSPS) is 51.0. The molecule has 10 heteroatoms. The van der Waals surface area contributed by atoms with Crippen LogP contribution in [0.4, 0.5) is 13.6 Å². The zero-order valence-electron chi connectivity index (χ0n) is 27.0. The molecule has 1 heterocycles. The molecular weight excluding hydrogens is 703 g/mol. The fourth-order valence-electron chi connectivity index (χ4n) is 13.3. The van der Waals surface area contributed by atoms with Gasteiger partial charge in [-0.2, -0.15) is 0 Å². The number of hydrogen-bond donors (Lipinski definition) is 3. The van der Waals surface area contributed by atoms with E-state index in [-0.39, 0.29) is 55.9 Å². The molecule has 0 aromatic heterocycles. The first-order valence-corrected chi connectivity index (χ1v) is 20.0. The molecule has 6 nitrogen and oxygen atoms in total. The molecule has 7 fully saturated rings. The summed E-state index contributed by atoms with van der Waals surface area (Å²) in [6.07, 6.45) is 7.73. The molecule has 6 saturated carbocycles. The first-order chi connectivity index (χ1) is 20.5. The molecule has 4 spiro atoms. The van der Waals surface area contributed by atoms with Gasteiger partial charge in [0.15, 0.2) is 0 Å². The Morgan fingerprint density at radius 3 is 2.43 bits per heavy atom. The first kappa shape index (κ1) is 32.7. The predicted molar refractivity (Wildman–Crippen MR) is 159 cm³/mol. The number of nitrogens with one attached hydrogen (secondary N) is 1. The number of ether oxygens (including phenoxy) is 2. The summed E-state index contributed by atoms with van der Waals surface area (Å²) < 4.78 is 45.2. The van der Waals surface area contributed by atoms with Crippen LogP contribution in [0.1, 0.15) is 112 Å². The van der Waals surface area contributed by atoms with Crippen molar-refractivity contribution in [2.75, 3.05) is 11.0 Å². The second-order valence-corrected chi connectivity index (χ2v) is 20.3. The second kappa shape index (κ2) is 10.1. The zero-order valence-corrected chi connectivity index (χ0v) is 29.9. The van der Waals surface area contributed by atoms with Crippen molar-refractivity contribution in [3.8, 4) is 0 Å². The fourth-order valence-corrected chi connectivity index (χ4v) is 15.3. The molecule has 252 valence electrons. The van der Waals surface area contributed by atoms with Crippen molar-refractivity contribution in [2.45, 2.75) is 147 Å². The van der Waals surface area contributed by atoms with Crippen LogP contribution in [0, 0.1) is 44.8 Å². The Balaban J connectivity index is 1.19. The average Bonchev–Trinajstić information content (AvgIpc) is 3.22. The third kappa shape index (κ3) is 4.10. The molecule has 1 saturated heterocycles. The van der Waals surface area contributed by atoms with Gasteiger partial charge < -0.3 is 5.11 Å². The summed E-state index contributed by atoms with van der Waals surface area (Å²) >= 11 is 4.72. The maximum absolute atomic E-state index is 15.7. The first-order valence-electron chi connectivity index (χ1n) is 17.0. The summed E-state index contributed by atoms with van der Waals surface area (Å²) in [6.45, 7) is 10.2. The molecule has 6 aliphatic carbocycles. The molecule has 44 heavy (non-hydrogen) atoms. The second-order valence-electron chi connectivity index (χ2n) is 17.4. The number of hydrogen-bond acceptors (Lipinski definition) is 6. The SMILES string of the molecule is CC(C)(O)[C@@H]1CC[C@]2(C[C@]34CC[C@@]56C[C@@]57CCC(F)(F)C(C)(C)[C@@H]7[C@@H](OC(=O)[I-]CCCCNCl)C[C@H]6[C@]3(C)C[C@H](O)[C@H]24)O1. The van der Waals surface area contributed by atoms with E-state index in [4.69, 9.17) is 21.3 Å². The van der Waals surface area contributed by atoms with Crippen molar-refractivity contribution < 1.29 is 54.5 Å². The summed E-state index contributed by atoms with van der Waals surface area (Å²) in [5, 5.41) is 22.6. The van der Waals surface area contributed by atoms with E-state index in [1.807, 2.05) is 13.8 Å². The summed E-state index contributed by atoms with van der Waals surface area (Å²) in [5.74, 6) is -2.92. The van der Waals surface area contributed by atoms with Gasteiger partial charge in [0.25, 0.3) is 0 Å². The Labute approximate surface area is 276 Å². The predicted octanol–water partition coefficient (Wildman–Crippen LogP) is 3.83. The van der Waals surface area contributed by atoms with E-state index in [0.29, 0.717) is 25.8 Å². The van der Waals surface area contributed by atoms with Crippen LogP contribution in [0.25, 0.3) is 0 Å². The minimum atomic E-state index is -2.81. The standard InChI is InChI=1S/C34H52ClF2INO5/c1-27(2)25-21(43-26(41)38-14-6-7-15-39-35)16-22-29(5)17-20(40)24-31(29,19-33(24)9-8-23(44-33)28(3,4)42)11-10-30(22)18-32(25,30)12-13-34(27,36)37/h20-25,39-40,42H,6-19H2,1-5H3/q-1/t20-,21-,22-,23-,24-,25-,29-,30-,31-,32+,33+/m0/s1. The van der Waals surface area contributed by atoms with Gasteiger partial charge in [0.05, 0.1) is 0 Å². The number of carbonyl (C=O) groups is 1. The van der Waals surface area contributed by atoms with Crippen LogP contribution in [-0.4, -0.2) is 60.6 Å². The van der Waals surface area contributed by atoms with Crippen LogP contribution in [0.5, 0.6) is 0 Å². The molecule has 7 aliphatic rings. The Kier molecular flexibility index (Phi) is 7.52. The molecule has 0 unspecified atom stereocenters. The number of aliphatic hydroxyl groups is 2. The van der Waals surface area contributed by atoms with Crippen LogP contribution in [-0.2, 0) is 9.47 Å². The topological polar surface area (TPSA) is 88.0 Å². The number of halogens is 4. The monoisotopic (exact) mass is 754 g/mol. The summed E-state index contributed by atoms with van der Waals surface area (Å²) in [4.78, 5) is 16.0. The van der Waals surface area contributed by atoms with Crippen molar-refractivity contribution in [1.29, 1.82) is 0 Å². The molecule has 7 rings (SSSR count). The van der Waals surface area contributed by atoms with Gasteiger partial charge in [0, 0.05) is 0 Å². The van der Waals surface area contributed by atoms with Crippen LogP contribution in [0.2, 0.25) is 0 Å². The van der Waals surface area contributed by atoms with Crippen molar-refractivity contribution in [3.63, 3.8) is 0 Å². The Morgan fingerprint density at radius 1 is 1.05 bits per heavy atom. The van der Waals surface area contributed by atoms with Gasteiger partial charge in [-0.3, -0.25) is 0 Å². The van der Waals surface area contributed by atoms with Crippen molar-refractivity contribution in [3.05, 3.63) is 0 Å². The van der Waals surface area contributed by atoms with Crippen LogP contribution in [0.3, 0.4) is 0 Å². The number of alkyl halides is 3. The van der Waals surface area contributed by atoms with Gasteiger partial charge in [0.1, 0.15) is 0 Å². The van der Waals surface area contributed by atoms with Gasteiger partial charge in [-0.1, -0.05) is 0 Å². The van der Waals surface area contributed by atoms with Crippen molar-refractivity contribution in [2.24, 2.45) is 44.8 Å². The molecule has 0 radical (unpaired) electrons. The van der Waals surface area contributed by atoms with Gasteiger partial charge in [-0.25, -0.2) is 0 Å². The van der Waals surface area contributed by atoms with Crippen LogP contribution < -0.4 is 26.0 Å². The Morgan fingerprint density at radius 2 is 1.75 bits per heavy atom. The maximum atomic E-state index is 15.7. The molecule has 1 aliphatic heterocycles. The van der Waals surface area contributed by atoms with E-state index in [1.54, 1.807) is 13.8 Å². The van der Waals surface area contributed by atoms with Crippen molar-refractivity contribution in [1.82, 2.24) is 4.84 Å². The number of unbranched alkanes of at least 4 members (excludes halogenated alkanes) is 1. The van der Waals surface area contributed by atoms with E-state index in [9.17, 15) is 15.0 Å². The van der Waals surface area contributed by atoms with E-state index < -0.39 is 56.0 Å². The van der Waals surface area contributed by atoms with Crippen molar-refractivity contribution >= 4 is 15.8 Å². The number of fused-ring (bicyclic) bond motifs is 2. The zero-order chi connectivity index (χ0) is 31.8. The third-order valence-electron chi connectivity index (χ3n) is 15.0. The van der Waals surface area contributed by atoms with Gasteiger partial charge in [-0.15, -0.1) is 0 Å². The van der Waals surface area contributed by atoms with Crippen LogP contribution >= 0.6 is 11.8 Å². The quantitative estimate of drug-likeness (QED) is 0.115. The number of carbonyl (C=O) groups excluding carboxylic acids is 1. The number of aliphatic hydroxyl groups excluding tert-OH is 1. The molecule has 0 aromatic rings. The van der Waals surface area contributed by atoms with Gasteiger partial charge >= 0.3 is 259 Å². The molecule has 0 amide bonds. The minimum absolute atomic E-state index is 0.0263. The van der Waals surface area contributed by atoms with E-state index >= 15 is 8.78 Å². The summed E-state index contributed by atoms with van der Waals surface area (Å²) in [7, 11) is 0. The number of rotatable bonds is 8. The summed E-state index contributed by atoms with van der Waals surface area (Å²) in [6, 6.07) is 0. The van der Waals surface area contributed by atoms with E-state index in [2.05, 4.69) is 11.8 Å². The van der Waals surface area contributed by atoms with Gasteiger partial charge in [0.2, 0.25) is 0 Å². The molecule has 0 bridgehead atoms. The van der Waals surface area contributed by atoms with E-state index in [0.717, 1.165) is 55.8 Å². The molecular formula is C34H52ClF2INO5-. The van der Waals surface area contributed by atoms with Crippen LogP contribution in [0.15, 0.2) is 0 Å². The Bertz CT molecular complexity index is 1200. The fraction of sp³-hybridized carbons (Fsp3) is 0.971. The Hall–Kier alpha value is 0.190. The molecule has 3 N–H and O–H groups in total. The summed E-state index contributed by atoms with van der Waals surface area (Å²) in [5.41, 5.74) is -3.08. The van der Waals surface area contributed by atoms with Gasteiger partial charge in [-0.05, 0) is 13.8 Å². The molecule has 0 aromatic carbocycles. The van der Waals surface area contributed by atoms with E-state index in [1.165, 1.54) is 0 Å².